The van der Waals surface area contributed by atoms with Crippen LogP contribution in [0.25, 0.3) is 0 Å². The molecule has 2 aromatic rings. The van der Waals surface area contributed by atoms with Crippen molar-refractivity contribution in [2.75, 3.05) is 11.9 Å². The summed E-state index contributed by atoms with van der Waals surface area (Å²) in [5, 5.41) is 2.75. The van der Waals surface area contributed by atoms with E-state index in [1.54, 1.807) is 0 Å². The Balaban J connectivity index is 1.79. The van der Waals surface area contributed by atoms with Gasteiger partial charge in [0.2, 0.25) is 5.91 Å². The summed E-state index contributed by atoms with van der Waals surface area (Å²) in [6, 6.07) is 7.55. The predicted molar refractivity (Wildman–Crippen MR) is 99.6 cm³/mol. The molecule has 1 aliphatic heterocycles. The molecule has 1 aliphatic rings. The minimum atomic E-state index is -3.75. The Morgan fingerprint density at radius 3 is 2.73 bits per heavy atom. The van der Waals surface area contributed by atoms with Crippen molar-refractivity contribution in [3.63, 3.8) is 0 Å². The van der Waals surface area contributed by atoms with Gasteiger partial charge in [-0.05, 0) is 25.3 Å². The zero-order chi connectivity index (χ0) is 18.7. The van der Waals surface area contributed by atoms with Crippen molar-refractivity contribution in [3.05, 3.63) is 41.6 Å². The van der Waals surface area contributed by atoms with E-state index < -0.39 is 10.0 Å². The molecule has 9 heteroatoms. The summed E-state index contributed by atoms with van der Waals surface area (Å²) in [5.41, 5.74) is 2.09. The van der Waals surface area contributed by atoms with Gasteiger partial charge in [-0.15, -0.1) is 0 Å². The van der Waals surface area contributed by atoms with Crippen LogP contribution in [0, 0.1) is 6.92 Å². The molecule has 2 heterocycles. The van der Waals surface area contributed by atoms with Crippen molar-refractivity contribution in [2.45, 2.75) is 43.0 Å². The smallest absolute Gasteiger partial charge is 0.252 e. The van der Waals surface area contributed by atoms with Gasteiger partial charge in [-0.3, -0.25) is 4.79 Å². The molecule has 2 atom stereocenters. The van der Waals surface area contributed by atoms with E-state index in [-0.39, 0.29) is 27.4 Å². The van der Waals surface area contributed by atoms with Crippen LogP contribution >= 0.6 is 11.3 Å². The van der Waals surface area contributed by atoms with Gasteiger partial charge in [0.1, 0.15) is 0 Å². The number of thiazole rings is 1. The number of carbonyl (C=O) groups is 1. The Morgan fingerprint density at radius 1 is 1.31 bits per heavy atom. The summed E-state index contributed by atoms with van der Waals surface area (Å²) >= 11 is 0.921. The van der Waals surface area contributed by atoms with E-state index in [2.05, 4.69) is 15.0 Å². The van der Waals surface area contributed by atoms with Crippen LogP contribution in [0.4, 0.5) is 5.13 Å². The number of hydrogen-bond acceptors (Lipinski definition) is 6. The molecule has 7 nitrogen and oxygen atoms in total. The molecule has 140 valence electrons. The Kier molecular flexibility index (Phi) is 5.71. The number of ether oxygens (including phenoxy) is 1. The van der Waals surface area contributed by atoms with Crippen molar-refractivity contribution < 1.29 is 17.9 Å². The lowest BCUT2D eigenvalue weighted by atomic mass is 9.96. The number of hydrogen-bond donors (Lipinski definition) is 2. The van der Waals surface area contributed by atoms with Gasteiger partial charge in [-0.1, -0.05) is 41.2 Å². The van der Waals surface area contributed by atoms with E-state index in [0.717, 1.165) is 28.9 Å². The summed E-state index contributed by atoms with van der Waals surface area (Å²) < 4.78 is 34.1. The fourth-order valence-corrected chi connectivity index (χ4v) is 5.20. The van der Waals surface area contributed by atoms with Crippen LogP contribution in [-0.4, -0.2) is 32.0 Å². The maximum absolute atomic E-state index is 12.7. The largest absolute Gasteiger partial charge is 0.372 e. The average Bonchev–Trinajstić information content (AvgIpc) is 3.05. The molecule has 0 bridgehead atoms. The molecule has 0 aliphatic carbocycles. The van der Waals surface area contributed by atoms with Gasteiger partial charge in [0.15, 0.2) is 9.34 Å². The van der Waals surface area contributed by atoms with Crippen LogP contribution in [0.1, 0.15) is 37.0 Å². The molecule has 0 spiro atoms. The lowest BCUT2D eigenvalue weighted by Gasteiger charge is -2.32. The van der Waals surface area contributed by atoms with Crippen LogP contribution < -0.4 is 10.0 Å². The normalized spacial score (nSPS) is 20.7. The first-order valence-electron chi connectivity index (χ1n) is 8.29. The maximum atomic E-state index is 12.7. The van der Waals surface area contributed by atoms with Crippen molar-refractivity contribution in [3.8, 4) is 0 Å². The quantitative estimate of drug-likeness (QED) is 0.811. The molecule has 26 heavy (non-hydrogen) atoms. The number of aromatic nitrogens is 1. The number of aryl methyl sites for hydroxylation is 1. The van der Waals surface area contributed by atoms with Gasteiger partial charge in [-0.25, -0.2) is 18.1 Å². The molecule has 1 aromatic heterocycles. The Labute approximate surface area is 156 Å². The molecule has 1 aromatic carbocycles. The summed E-state index contributed by atoms with van der Waals surface area (Å²) in [4.78, 5) is 15.0. The molecular formula is C17H21N3O4S2. The van der Waals surface area contributed by atoms with Crippen molar-refractivity contribution >= 4 is 32.4 Å². The first kappa shape index (κ1) is 19.0. The van der Waals surface area contributed by atoms with Gasteiger partial charge < -0.3 is 10.1 Å². The van der Waals surface area contributed by atoms with Gasteiger partial charge in [0.05, 0.1) is 18.3 Å². The van der Waals surface area contributed by atoms with Crippen molar-refractivity contribution in [1.29, 1.82) is 0 Å². The van der Waals surface area contributed by atoms with E-state index in [4.69, 9.17) is 4.74 Å². The van der Waals surface area contributed by atoms with Gasteiger partial charge in [-0.2, -0.15) is 0 Å². The summed E-state index contributed by atoms with van der Waals surface area (Å²) in [5.74, 6) is -0.295. The zero-order valence-electron chi connectivity index (χ0n) is 14.6. The minimum Gasteiger partial charge on any atom is -0.372 e. The summed E-state index contributed by atoms with van der Waals surface area (Å²) in [6.07, 6.45) is 2.40. The van der Waals surface area contributed by atoms with Gasteiger partial charge in [0, 0.05) is 13.5 Å². The average molecular weight is 396 g/mol. The van der Waals surface area contributed by atoms with E-state index >= 15 is 0 Å². The second-order valence-electron chi connectivity index (χ2n) is 6.24. The zero-order valence-corrected chi connectivity index (χ0v) is 16.2. The SMILES string of the molecule is CC(=O)Nc1ncc(S(=O)(=O)NC2CCCOC2c2ccc(C)cc2)s1. The van der Waals surface area contributed by atoms with Crippen LogP contribution in [-0.2, 0) is 19.6 Å². The highest BCUT2D eigenvalue weighted by molar-refractivity contribution is 7.91. The number of rotatable bonds is 5. The molecule has 1 saturated heterocycles. The van der Waals surface area contributed by atoms with Crippen LogP contribution in [0.15, 0.2) is 34.7 Å². The van der Waals surface area contributed by atoms with E-state index in [9.17, 15) is 13.2 Å². The lowest BCUT2D eigenvalue weighted by molar-refractivity contribution is -0.114. The molecule has 2 unspecified atom stereocenters. The number of nitrogens with one attached hydrogen (secondary N) is 2. The third-order valence-electron chi connectivity index (χ3n) is 4.07. The predicted octanol–water partition coefficient (Wildman–Crippen LogP) is 2.61. The summed E-state index contributed by atoms with van der Waals surface area (Å²) in [7, 11) is -3.75. The minimum absolute atomic E-state index is 0.0643. The molecule has 0 radical (unpaired) electrons. The highest BCUT2D eigenvalue weighted by atomic mass is 32.2. The number of nitrogens with zero attached hydrogens (tertiary/aromatic N) is 1. The number of anilines is 1. The van der Waals surface area contributed by atoms with E-state index in [1.807, 2.05) is 31.2 Å². The van der Waals surface area contributed by atoms with Crippen molar-refractivity contribution in [2.24, 2.45) is 0 Å². The number of carbonyl (C=O) groups excluding carboxylic acids is 1. The Morgan fingerprint density at radius 2 is 2.04 bits per heavy atom. The van der Waals surface area contributed by atoms with Crippen molar-refractivity contribution in [1.82, 2.24) is 9.71 Å². The monoisotopic (exact) mass is 395 g/mol. The fourth-order valence-electron chi connectivity index (χ4n) is 2.84. The van der Waals surface area contributed by atoms with Crippen LogP contribution in [0.5, 0.6) is 0 Å². The first-order valence-corrected chi connectivity index (χ1v) is 10.6. The number of sulfonamides is 1. The van der Waals surface area contributed by atoms with E-state index in [0.29, 0.717) is 13.0 Å². The summed E-state index contributed by atoms with van der Waals surface area (Å²) in [6.45, 7) is 3.95. The standard InChI is InChI=1S/C17H21N3O4S2/c1-11-5-7-13(8-6-11)16-14(4-3-9-24-16)20-26(22,23)15-10-18-17(25-15)19-12(2)21/h5-8,10,14,16,20H,3-4,9H2,1-2H3,(H,18,19,21). The molecule has 1 fully saturated rings. The number of benzene rings is 1. The second-order valence-corrected chi connectivity index (χ2v) is 9.21. The van der Waals surface area contributed by atoms with Crippen LogP contribution in [0.2, 0.25) is 0 Å². The molecule has 0 saturated carbocycles. The second kappa shape index (κ2) is 7.83. The van der Waals surface area contributed by atoms with Crippen LogP contribution in [0.3, 0.4) is 0 Å². The Bertz CT molecular complexity index is 878. The maximum Gasteiger partial charge on any atom is 0.252 e. The molecular weight excluding hydrogens is 374 g/mol. The Hall–Kier alpha value is -1.81. The lowest BCUT2D eigenvalue weighted by Crippen LogP contribution is -2.42. The van der Waals surface area contributed by atoms with E-state index in [1.165, 1.54) is 13.1 Å². The molecule has 3 rings (SSSR count). The molecule has 1 amide bonds. The highest BCUT2D eigenvalue weighted by Gasteiger charge is 2.32. The van der Waals surface area contributed by atoms with Gasteiger partial charge >= 0.3 is 0 Å². The highest BCUT2D eigenvalue weighted by Crippen LogP contribution is 2.31. The topological polar surface area (TPSA) is 97.4 Å². The van der Waals surface area contributed by atoms with Gasteiger partial charge in [0.25, 0.3) is 10.0 Å². The number of amides is 1. The first-order chi connectivity index (χ1) is 12.3. The molecule has 2 N–H and O–H groups in total. The third kappa shape index (κ3) is 4.47. The third-order valence-corrected chi connectivity index (χ3v) is 6.93. The fraction of sp³-hybridized carbons (Fsp3) is 0.412.